The molecule has 0 unspecified atom stereocenters. The topological polar surface area (TPSA) is 29.5 Å². The smallest absolute Gasteiger partial charge is 0.259 e. The highest BCUT2D eigenvalue weighted by atomic mass is 19.1. The molecule has 1 aliphatic rings. The number of halogens is 1. The van der Waals surface area contributed by atoms with Crippen LogP contribution < -0.4 is 9.64 Å². The molecule has 0 radical (unpaired) electrons. The van der Waals surface area contributed by atoms with Crippen LogP contribution in [0.15, 0.2) is 72.8 Å². The minimum atomic E-state index is -0.272. The molecule has 0 N–H and O–H groups in total. The van der Waals surface area contributed by atoms with Crippen LogP contribution in [0.5, 0.6) is 5.75 Å². The number of amides is 1. The average Bonchev–Trinajstić information content (AvgIpc) is 2.99. The van der Waals surface area contributed by atoms with E-state index in [0.29, 0.717) is 30.4 Å². The highest BCUT2D eigenvalue weighted by molar-refractivity contribution is 6.35. The Labute approximate surface area is 176 Å². The van der Waals surface area contributed by atoms with Crippen LogP contribution >= 0.6 is 0 Å². The first-order valence-electron chi connectivity index (χ1n) is 10.1. The second-order valence-electron chi connectivity index (χ2n) is 7.87. The molecule has 3 nitrogen and oxygen atoms in total. The number of benzene rings is 3. The van der Waals surface area contributed by atoms with Crippen molar-refractivity contribution in [3.8, 4) is 5.75 Å². The Kier molecular flexibility index (Phi) is 5.66. The third-order valence-electron chi connectivity index (χ3n) is 4.99. The van der Waals surface area contributed by atoms with Crippen molar-refractivity contribution >= 4 is 23.2 Å². The summed E-state index contributed by atoms with van der Waals surface area (Å²) in [6.45, 7) is 5.22. The summed E-state index contributed by atoms with van der Waals surface area (Å²) in [5.74, 6) is 0.847. The first-order valence-corrected chi connectivity index (χ1v) is 10.1. The molecule has 1 amide bonds. The number of fused-ring (bicyclic) bond motifs is 1. The van der Waals surface area contributed by atoms with Gasteiger partial charge in [0.15, 0.2) is 0 Å². The van der Waals surface area contributed by atoms with Gasteiger partial charge in [-0.3, -0.25) is 4.79 Å². The van der Waals surface area contributed by atoms with Crippen molar-refractivity contribution in [2.75, 3.05) is 11.4 Å². The fourth-order valence-electron chi connectivity index (χ4n) is 3.61. The second kappa shape index (κ2) is 8.54. The number of carbonyl (C=O) groups is 1. The molecule has 0 spiro atoms. The van der Waals surface area contributed by atoms with E-state index in [1.807, 2.05) is 65.6 Å². The maximum atomic E-state index is 13.3. The van der Waals surface area contributed by atoms with Gasteiger partial charge in [0.25, 0.3) is 5.91 Å². The molecule has 0 atom stereocenters. The molecule has 4 rings (SSSR count). The second-order valence-corrected chi connectivity index (χ2v) is 7.87. The molecule has 3 aromatic carbocycles. The zero-order chi connectivity index (χ0) is 21.1. The Morgan fingerprint density at radius 1 is 1.00 bits per heavy atom. The van der Waals surface area contributed by atoms with Gasteiger partial charge in [0.2, 0.25) is 0 Å². The number of carbonyl (C=O) groups excluding carboxylic acids is 1. The number of para-hydroxylation sites is 1. The molecule has 1 aliphatic heterocycles. The van der Waals surface area contributed by atoms with Gasteiger partial charge in [0.05, 0.1) is 5.69 Å². The number of anilines is 1. The van der Waals surface area contributed by atoms with Crippen molar-refractivity contribution in [1.82, 2.24) is 0 Å². The molecule has 0 fully saturated rings. The fraction of sp³-hybridized carbons (Fsp3) is 0.192. The van der Waals surface area contributed by atoms with Crippen LogP contribution in [0, 0.1) is 11.7 Å². The minimum absolute atomic E-state index is 0.0383. The van der Waals surface area contributed by atoms with Gasteiger partial charge in [0.1, 0.15) is 18.2 Å². The number of rotatable bonds is 6. The van der Waals surface area contributed by atoms with Crippen LogP contribution in [-0.4, -0.2) is 12.5 Å². The van der Waals surface area contributed by atoms with Crippen LogP contribution in [0.4, 0.5) is 10.1 Å². The van der Waals surface area contributed by atoms with E-state index in [9.17, 15) is 9.18 Å². The molecular formula is C26H24FNO2. The molecule has 0 aromatic heterocycles. The molecule has 0 saturated heterocycles. The summed E-state index contributed by atoms with van der Waals surface area (Å²) in [7, 11) is 0. The summed E-state index contributed by atoms with van der Waals surface area (Å²) in [6.07, 6.45) is 1.93. The lowest BCUT2D eigenvalue weighted by Gasteiger charge is -2.19. The Morgan fingerprint density at radius 2 is 1.77 bits per heavy atom. The Hall–Kier alpha value is -3.40. The standard InChI is InChI=1S/C26H24FNO2/c1-18(2)16-28-25-9-4-3-8-23(25)24(26(28)29)15-19-10-12-22(13-11-19)30-17-20-6-5-7-21(27)14-20/h3-15,18H,16-17H2,1-2H3/b24-15-. The van der Waals surface area contributed by atoms with Crippen molar-refractivity contribution < 1.29 is 13.9 Å². The lowest BCUT2D eigenvalue weighted by atomic mass is 10.0. The van der Waals surface area contributed by atoms with Gasteiger partial charge in [-0.15, -0.1) is 0 Å². The number of hydrogen-bond donors (Lipinski definition) is 0. The molecule has 30 heavy (non-hydrogen) atoms. The molecule has 4 heteroatoms. The normalized spacial score (nSPS) is 14.5. The van der Waals surface area contributed by atoms with Crippen molar-refractivity contribution in [1.29, 1.82) is 0 Å². The molecular weight excluding hydrogens is 377 g/mol. The van der Waals surface area contributed by atoms with Crippen molar-refractivity contribution in [3.05, 3.63) is 95.3 Å². The predicted octanol–water partition coefficient (Wildman–Crippen LogP) is 5.95. The summed E-state index contributed by atoms with van der Waals surface area (Å²) in [6, 6.07) is 21.9. The average molecular weight is 401 g/mol. The third kappa shape index (κ3) is 4.28. The van der Waals surface area contributed by atoms with Gasteiger partial charge in [-0.1, -0.05) is 56.3 Å². The zero-order valence-electron chi connectivity index (χ0n) is 17.1. The minimum Gasteiger partial charge on any atom is -0.489 e. The molecule has 152 valence electrons. The van der Waals surface area contributed by atoms with Gasteiger partial charge in [-0.25, -0.2) is 4.39 Å². The lowest BCUT2D eigenvalue weighted by Crippen LogP contribution is -2.30. The molecule has 0 saturated carbocycles. The van der Waals surface area contributed by atoms with Crippen molar-refractivity contribution in [2.24, 2.45) is 5.92 Å². The summed E-state index contributed by atoms with van der Waals surface area (Å²) >= 11 is 0. The van der Waals surface area contributed by atoms with E-state index >= 15 is 0 Å². The summed E-state index contributed by atoms with van der Waals surface area (Å²) < 4.78 is 19.0. The zero-order valence-corrected chi connectivity index (χ0v) is 17.1. The van der Waals surface area contributed by atoms with E-state index in [1.165, 1.54) is 12.1 Å². The van der Waals surface area contributed by atoms with Gasteiger partial charge < -0.3 is 9.64 Å². The highest BCUT2D eigenvalue weighted by Crippen LogP contribution is 2.38. The molecule has 0 aliphatic carbocycles. The monoisotopic (exact) mass is 401 g/mol. The molecule has 1 heterocycles. The first kappa shape index (κ1) is 19.9. The fourth-order valence-corrected chi connectivity index (χ4v) is 3.61. The van der Waals surface area contributed by atoms with E-state index in [-0.39, 0.29) is 11.7 Å². The third-order valence-corrected chi connectivity index (χ3v) is 4.99. The van der Waals surface area contributed by atoms with Crippen LogP contribution in [0.3, 0.4) is 0 Å². The molecule has 0 bridgehead atoms. The van der Waals surface area contributed by atoms with Crippen LogP contribution in [-0.2, 0) is 11.4 Å². The van der Waals surface area contributed by atoms with Crippen molar-refractivity contribution in [2.45, 2.75) is 20.5 Å². The maximum Gasteiger partial charge on any atom is 0.259 e. The van der Waals surface area contributed by atoms with Crippen LogP contribution in [0.2, 0.25) is 0 Å². The van der Waals surface area contributed by atoms with E-state index < -0.39 is 0 Å². The van der Waals surface area contributed by atoms with Crippen molar-refractivity contribution in [3.63, 3.8) is 0 Å². The summed E-state index contributed by atoms with van der Waals surface area (Å²) in [5, 5.41) is 0. The van der Waals surface area contributed by atoms with Gasteiger partial charge in [-0.05, 0) is 53.5 Å². The maximum absolute atomic E-state index is 13.3. The van der Waals surface area contributed by atoms with E-state index in [1.54, 1.807) is 6.07 Å². The number of nitrogens with zero attached hydrogens (tertiary/aromatic N) is 1. The predicted molar refractivity (Wildman–Crippen MR) is 119 cm³/mol. The van der Waals surface area contributed by atoms with E-state index in [4.69, 9.17) is 4.74 Å². The largest absolute Gasteiger partial charge is 0.489 e. The first-order chi connectivity index (χ1) is 14.5. The Morgan fingerprint density at radius 3 is 2.50 bits per heavy atom. The number of ether oxygens (including phenoxy) is 1. The highest BCUT2D eigenvalue weighted by Gasteiger charge is 2.32. The number of hydrogen-bond acceptors (Lipinski definition) is 2. The van der Waals surface area contributed by atoms with Gasteiger partial charge in [-0.2, -0.15) is 0 Å². The SMILES string of the molecule is CC(C)CN1C(=O)/C(=C\c2ccc(OCc3cccc(F)c3)cc2)c2ccccc21. The summed E-state index contributed by atoms with van der Waals surface area (Å²) in [5.41, 5.74) is 4.35. The Balaban J connectivity index is 1.52. The van der Waals surface area contributed by atoms with Gasteiger partial charge in [0, 0.05) is 17.7 Å². The van der Waals surface area contributed by atoms with E-state index in [2.05, 4.69) is 13.8 Å². The van der Waals surface area contributed by atoms with Crippen LogP contribution in [0.25, 0.3) is 11.6 Å². The van der Waals surface area contributed by atoms with E-state index in [0.717, 1.165) is 22.4 Å². The van der Waals surface area contributed by atoms with Crippen LogP contribution in [0.1, 0.15) is 30.5 Å². The Bertz CT molecular complexity index is 1090. The quantitative estimate of drug-likeness (QED) is 0.478. The summed E-state index contributed by atoms with van der Waals surface area (Å²) in [4.78, 5) is 14.9. The van der Waals surface area contributed by atoms with Gasteiger partial charge >= 0.3 is 0 Å². The molecule has 3 aromatic rings. The lowest BCUT2D eigenvalue weighted by molar-refractivity contribution is -0.113.